The first kappa shape index (κ1) is 21.6. The van der Waals surface area contributed by atoms with E-state index in [4.69, 9.17) is 14.1 Å². The minimum absolute atomic E-state index is 0.153. The molecule has 5 rings (SSSR count). The molecule has 2 heterocycles. The van der Waals surface area contributed by atoms with Crippen LogP contribution in [0.1, 0.15) is 30.4 Å². The van der Waals surface area contributed by atoms with Gasteiger partial charge in [-0.15, -0.1) is 0 Å². The van der Waals surface area contributed by atoms with Crippen LogP contribution in [-0.2, 0) is 6.54 Å². The average Bonchev–Trinajstić information content (AvgIpc) is 3.23. The molecule has 4 aromatic rings. The third-order valence-corrected chi connectivity index (χ3v) is 6.28. The SMILES string of the molecule is Cc1c(-c2ccccc2)cccc1-c1nc2cc(CN3CCCCC3)c(OC(F)F)cc2o1. The second kappa shape index (κ2) is 9.32. The van der Waals surface area contributed by atoms with E-state index < -0.39 is 6.61 Å². The lowest BCUT2D eigenvalue weighted by molar-refractivity contribution is -0.0507. The molecular weight excluding hydrogens is 422 g/mol. The van der Waals surface area contributed by atoms with Gasteiger partial charge < -0.3 is 9.15 Å². The molecule has 1 aliphatic heterocycles. The van der Waals surface area contributed by atoms with Gasteiger partial charge in [0, 0.05) is 23.7 Å². The lowest BCUT2D eigenvalue weighted by atomic mass is 9.96. The molecule has 0 radical (unpaired) electrons. The largest absolute Gasteiger partial charge is 0.436 e. The summed E-state index contributed by atoms with van der Waals surface area (Å²) in [4.78, 5) is 7.00. The zero-order chi connectivity index (χ0) is 22.8. The Morgan fingerprint density at radius 3 is 2.48 bits per heavy atom. The Morgan fingerprint density at radius 2 is 1.73 bits per heavy atom. The number of hydrogen-bond donors (Lipinski definition) is 0. The van der Waals surface area contributed by atoms with Crippen LogP contribution < -0.4 is 4.74 Å². The van der Waals surface area contributed by atoms with Gasteiger partial charge in [-0.25, -0.2) is 4.98 Å². The van der Waals surface area contributed by atoms with Crippen molar-refractivity contribution in [3.8, 4) is 28.3 Å². The summed E-state index contributed by atoms with van der Waals surface area (Å²) in [6.45, 7) is 1.63. The highest BCUT2D eigenvalue weighted by atomic mass is 19.3. The summed E-state index contributed by atoms with van der Waals surface area (Å²) in [5, 5.41) is 0. The van der Waals surface area contributed by atoms with Gasteiger partial charge >= 0.3 is 6.61 Å². The molecule has 0 atom stereocenters. The molecule has 33 heavy (non-hydrogen) atoms. The van der Waals surface area contributed by atoms with Crippen LogP contribution in [0, 0.1) is 6.92 Å². The van der Waals surface area contributed by atoms with Crippen molar-refractivity contribution in [2.45, 2.75) is 39.3 Å². The standard InChI is InChI=1S/C27H26F2N2O2/c1-18-21(19-9-4-2-5-10-19)11-8-12-22(18)26-30-23-15-20(17-31-13-6-3-7-14-31)24(33-27(28)29)16-25(23)32-26/h2,4-5,8-12,15-16,27H,3,6-7,13-14,17H2,1H3. The van der Waals surface area contributed by atoms with Gasteiger partial charge in [0.05, 0.1) is 0 Å². The predicted octanol–water partition coefficient (Wildman–Crippen LogP) is 7.06. The van der Waals surface area contributed by atoms with E-state index in [0.717, 1.165) is 48.2 Å². The van der Waals surface area contributed by atoms with Gasteiger partial charge in [-0.05, 0) is 61.7 Å². The second-order valence-electron chi connectivity index (χ2n) is 8.51. The fraction of sp³-hybridized carbons (Fsp3) is 0.296. The van der Waals surface area contributed by atoms with Crippen molar-refractivity contribution in [1.29, 1.82) is 0 Å². The molecule has 170 valence electrons. The number of benzene rings is 3. The van der Waals surface area contributed by atoms with Gasteiger partial charge in [0.15, 0.2) is 5.58 Å². The number of likely N-dealkylation sites (tertiary alicyclic amines) is 1. The molecule has 0 spiro atoms. The van der Waals surface area contributed by atoms with E-state index in [1.54, 1.807) is 6.07 Å². The van der Waals surface area contributed by atoms with E-state index in [2.05, 4.69) is 23.1 Å². The Labute approximate surface area is 191 Å². The first-order chi connectivity index (χ1) is 16.1. The average molecular weight is 449 g/mol. The number of rotatable bonds is 6. The summed E-state index contributed by atoms with van der Waals surface area (Å²) in [5.41, 5.74) is 5.93. The fourth-order valence-electron chi connectivity index (χ4n) is 4.60. The maximum atomic E-state index is 13.1. The number of piperidine rings is 1. The van der Waals surface area contributed by atoms with Gasteiger partial charge in [-0.2, -0.15) is 8.78 Å². The molecule has 0 bridgehead atoms. The van der Waals surface area contributed by atoms with Crippen molar-refractivity contribution in [2.75, 3.05) is 13.1 Å². The van der Waals surface area contributed by atoms with Gasteiger partial charge in [0.25, 0.3) is 0 Å². The molecule has 1 fully saturated rings. The molecule has 1 saturated heterocycles. The normalized spacial score (nSPS) is 14.8. The number of oxazole rings is 1. The Morgan fingerprint density at radius 1 is 0.970 bits per heavy atom. The van der Waals surface area contributed by atoms with Gasteiger partial charge in [0.1, 0.15) is 11.3 Å². The predicted molar refractivity (Wildman–Crippen MR) is 125 cm³/mol. The third kappa shape index (κ3) is 4.62. The molecule has 1 aliphatic rings. The summed E-state index contributed by atoms with van der Waals surface area (Å²) in [6, 6.07) is 19.5. The zero-order valence-corrected chi connectivity index (χ0v) is 18.6. The first-order valence-electron chi connectivity index (χ1n) is 11.3. The van der Waals surface area contributed by atoms with Gasteiger partial charge in [-0.1, -0.05) is 48.9 Å². The lowest BCUT2D eigenvalue weighted by Crippen LogP contribution is -2.29. The molecule has 6 heteroatoms. The monoisotopic (exact) mass is 448 g/mol. The van der Waals surface area contributed by atoms with Crippen molar-refractivity contribution in [1.82, 2.24) is 9.88 Å². The number of aromatic nitrogens is 1. The molecule has 0 N–H and O–H groups in total. The smallest absolute Gasteiger partial charge is 0.387 e. The lowest BCUT2D eigenvalue weighted by Gasteiger charge is -2.27. The highest BCUT2D eigenvalue weighted by molar-refractivity contribution is 5.81. The van der Waals surface area contributed by atoms with Crippen LogP contribution in [0.2, 0.25) is 0 Å². The Kier molecular flexibility index (Phi) is 6.09. The van der Waals surface area contributed by atoms with Crippen LogP contribution >= 0.6 is 0 Å². The van der Waals surface area contributed by atoms with Crippen molar-refractivity contribution < 1.29 is 17.9 Å². The summed E-state index contributed by atoms with van der Waals surface area (Å²) in [5.74, 6) is 0.624. The highest BCUT2D eigenvalue weighted by Crippen LogP contribution is 2.35. The Bertz CT molecular complexity index is 1250. The van der Waals surface area contributed by atoms with E-state index in [9.17, 15) is 8.78 Å². The van der Waals surface area contributed by atoms with E-state index in [0.29, 0.717) is 29.1 Å². The molecule has 1 aromatic heterocycles. The van der Waals surface area contributed by atoms with Gasteiger partial charge in [-0.3, -0.25) is 4.90 Å². The highest BCUT2D eigenvalue weighted by Gasteiger charge is 2.20. The molecule has 3 aromatic carbocycles. The second-order valence-corrected chi connectivity index (χ2v) is 8.51. The van der Waals surface area contributed by atoms with E-state index in [-0.39, 0.29) is 5.75 Å². The third-order valence-electron chi connectivity index (χ3n) is 6.28. The van der Waals surface area contributed by atoms with Gasteiger partial charge in [0.2, 0.25) is 5.89 Å². The van der Waals surface area contributed by atoms with Crippen molar-refractivity contribution in [2.24, 2.45) is 0 Å². The number of ether oxygens (including phenoxy) is 1. The molecular formula is C27H26F2N2O2. The minimum atomic E-state index is -2.89. The fourth-order valence-corrected chi connectivity index (χ4v) is 4.60. The first-order valence-corrected chi connectivity index (χ1v) is 11.3. The zero-order valence-electron chi connectivity index (χ0n) is 18.6. The number of fused-ring (bicyclic) bond motifs is 1. The summed E-state index contributed by atoms with van der Waals surface area (Å²) in [6.07, 6.45) is 3.46. The topological polar surface area (TPSA) is 38.5 Å². The molecule has 0 amide bonds. The summed E-state index contributed by atoms with van der Waals surface area (Å²) in [7, 11) is 0. The van der Waals surface area contributed by atoms with E-state index in [1.165, 1.54) is 6.42 Å². The summed E-state index contributed by atoms with van der Waals surface area (Å²) < 4.78 is 37.2. The number of nitrogens with zero attached hydrogens (tertiary/aromatic N) is 2. The van der Waals surface area contributed by atoms with Crippen LogP contribution in [0.15, 0.2) is 65.1 Å². The maximum absolute atomic E-state index is 13.1. The van der Waals surface area contributed by atoms with E-state index >= 15 is 0 Å². The van der Waals surface area contributed by atoms with Crippen molar-refractivity contribution in [3.05, 3.63) is 71.8 Å². The van der Waals surface area contributed by atoms with Crippen LogP contribution in [0.4, 0.5) is 8.78 Å². The van der Waals surface area contributed by atoms with Crippen LogP contribution in [0.25, 0.3) is 33.7 Å². The minimum Gasteiger partial charge on any atom is -0.436 e. The number of hydrogen-bond acceptors (Lipinski definition) is 4. The van der Waals surface area contributed by atoms with E-state index in [1.807, 2.05) is 43.3 Å². The molecule has 0 aliphatic carbocycles. The Balaban J connectivity index is 1.54. The van der Waals surface area contributed by atoms with Crippen molar-refractivity contribution in [3.63, 3.8) is 0 Å². The molecule has 4 nitrogen and oxygen atoms in total. The quantitative estimate of drug-likeness (QED) is 0.317. The summed E-state index contributed by atoms with van der Waals surface area (Å²) >= 11 is 0. The number of alkyl halides is 2. The number of halogens is 2. The maximum Gasteiger partial charge on any atom is 0.387 e. The molecule has 0 saturated carbocycles. The van der Waals surface area contributed by atoms with Crippen LogP contribution in [0.3, 0.4) is 0 Å². The Hall–Kier alpha value is -3.25. The molecule has 0 unspecified atom stereocenters. The van der Waals surface area contributed by atoms with Crippen LogP contribution in [0.5, 0.6) is 5.75 Å². The van der Waals surface area contributed by atoms with Crippen molar-refractivity contribution >= 4 is 11.1 Å². The van der Waals surface area contributed by atoms with Crippen LogP contribution in [-0.4, -0.2) is 29.6 Å².